The zero-order valence-electron chi connectivity index (χ0n) is 24.7. The molecule has 16 nitrogen and oxygen atoms in total. The van der Waals surface area contributed by atoms with Gasteiger partial charge in [0, 0.05) is 25.1 Å². The van der Waals surface area contributed by atoms with E-state index in [1.165, 1.54) is 18.2 Å². The molecule has 244 valence electrons. The summed E-state index contributed by atoms with van der Waals surface area (Å²) in [5.74, 6) is -4.70. The molecule has 3 rings (SSSR count). The average molecular weight is 634 g/mol. The van der Waals surface area contributed by atoms with Gasteiger partial charge in [-0.1, -0.05) is 12.1 Å². The van der Waals surface area contributed by atoms with Gasteiger partial charge in [-0.3, -0.25) is 28.9 Å². The van der Waals surface area contributed by atoms with E-state index in [-0.39, 0.29) is 31.0 Å². The van der Waals surface area contributed by atoms with Crippen LogP contribution >= 0.6 is 0 Å². The maximum Gasteiger partial charge on any atom is 0.335 e. The van der Waals surface area contributed by atoms with Crippen LogP contribution in [-0.4, -0.2) is 111 Å². The van der Waals surface area contributed by atoms with Crippen molar-refractivity contribution < 1.29 is 63.4 Å². The topological polar surface area (TPSA) is 238 Å². The standard InChI is InChI=1S/C29H35N3O13/c1-29(2,3)28(42)43-12-4-5-15-6-7-17(44-27-24(39)22(37)23(38)25(45-27)26(40)41)16(13-15)31-18(33)10-11-30-19(34)14-32-20(35)8-9-21(32)36/h4-9,13,22-25,27,37-39H,10-12,14H2,1-3H3,(H,30,34)(H,31,33)(H,40,41)/b5-4+/t22-,23-,24+,25-,27+/m0/s1. The Morgan fingerprint density at radius 2 is 1.67 bits per heavy atom. The van der Waals surface area contributed by atoms with E-state index < -0.39 is 78.2 Å². The summed E-state index contributed by atoms with van der Waals surface area (Å²) < 4.78 is 16.0. The summed E-state index contributed by atoms with van der Waals surface area (Å²) in [6.45, 7) is 4.38. The van der Waals surface area contributed by atoms with Crippen molar-refractivity contribution in [3.8, 4) is 5.75 Å². The number of rotatable bonds is 12. The van der Waals surface area contributed by atoms with Gasteiger partial charge in [-0.05, 0) is 44.5 Å². The molecule has 1 saturated heterocycles. The monoisotopic (exact) mass is 633 g/mol. The number of carbonyl (C=O) groups is 6. The van der Waals surface area contributed by atoms with Crippen molar-refractivity contribution in [2.75, 3.05) is 25.0 Å². The van der Waals surface area contributed by atoms with Gasteiger partial charge in [0.15, 0.2) is 6.10 Å². The number of esters is 1. The lowest BCUT2D eigenvalue weighted by Gasteiger charge is -2.38. The summed E-state index contributed by atoms with van der Waals surface area (Å²) in [5, 5.41) is 44.7. The zero-order valence-corrected chi connectivity index (χ0v) is 24.7. The van der Waals surface area contributed by atoms with E-state index in [9.17, 15) is 49.2 Å². The number of imide groups is 1. The fourth-order valence-electron chi connectivity index (χ4n) is 3.97. The minimum atomic E-state index is -1.94. The Balaban J connectivity index is 1.71. The third kappa shape index (κ3) is 9.42. The zero-order chi connectivity index (χ0) is 33.5. The molecule has 0 aromatic heterocycles. The Kier molecular flexibility index (Phi) is 11.5. The van der Waals surface area contributed by atoms with Crippen LogP contribution in [0.1, 0.15) is 32.8 Å². The van der Waals surface area contributed by atoms with Gasteiger partial charge in [-0.15, -0.1) is 0 Å². The van der Waals surface area contributed by atoms with Crippen LogP contribution < -0.4 is 15.4 Å². The van der Waals surface area contributed by atoms with Crippen molar-refractivity contribution >= 4 is 47.3 Å². The molecule has 2 heterocycles. The molecule has 0 unspecified atom stereocenters. The minimum Gasteiger partial charge on any atom is -0.479 e. The van der Waals surface area contributed by atoms with Gasteiger partial charge in [0.25, 0.3) is 11.8 Å². The summed E-state index contributed by atoms with van der Waals surface area (Å²) in [4.78, 5) is 72.3. The van der Waals surface area contributed by atoms with Crippen LogP contribution in [0.4, 0.5) is 5.69 Å². The second-order valence-corrected chi connectivity index (χ2v) is 11.1. The number of carbonyl (C=O) groups excluding carboxylic acids is 5. The molecule has 0 radical (unpaired) electrons. The van der Waals surface area contributed by atoms with E-state index in [0.29, 0.717) is 5.56 Å². The Morgan fingerprint density at radius 3 is 2.29 bits per heavy atom. The van der Waals surface area contributed by atoms with Crippen LogP contribution in [-0.2, 0) is 38.2 Å². The SMILES string of the molecule is CC(C)(C)C(=O)OC/C=C/c1ccc(O[C@@H]2O[C@H](C(=O)O)[C@@H](O)[C@H](O)[C@H]2O)c(NC(=O)CCNC(=O)CN2C(=O)C=CC2=O)c1. The molecule has 1 aromatic rings. The summed E-state index contributed by atoms with van der Waals surface area (Å²) in [5.41, 5.74) is -0.183. The largest absolute Gasteiger partial charge is 0.479 e. The number of hydrogen-bond acceptors (Lipinski definition) is 12. The van der Waals surface area contributed by atoms with Gasteiger partial charge >= 0.3 is 11.9 Å². The van der Waals surface area contributed by atoms with Crippen molar-refractivity contribution in [1.82, 2.24) is 10.2 Å². The molecule has 16 heteroatoms. The number of amides is 4. The molecule has 1 aromatic carbocycles. The molecule has 0 aliphatic carbocycles. The van der Waals surface area contributed by atoms with Crippen LogP contribution in [0.2, 0.25) is 0 Å². The fourth-order valence-corrected chi connectivity index (χ4v) is 3.97. The molecule has 0 spiro atoms. The van der Waals surface area contributed by atoms with E-state index in [1.807, 2.05) is 0 Å². The quantitative estimate of drug-likeness (QED) is 0.119. The molecule has 6 N–H and O–H groups in total. The smallest absolute Gasteiger partial charge is 0.335 e. The summed E-state index contributed by atoms with van der Waals surface area (Å²) in [7, 11) is 0. The highest BCUT2D eigenvalue weighted by Gasteiger charge is 2.48. The van der Waals surface area contributed by atoms with E-state index in [4.69, 9.17) is 14.2 Å². The number of nitrogens with one attached hydrogen (secondary N) is 2. The van der Waals surface area contributed by atoms with Crippen molar-refractivity contribution in [2.45, 2.75) is 57.9 Å². The molecule has 5 atom stereocenters. The maximum atomic E-state index is 12.8. The lowest BCUT2D eigenvalue weighted by Crippen LogP contribution is -2.61. The fraction of sp³-hybridized carbons (Fsp3) is 0.448. The van der Waals surface area contributed by atoms with E-state index in [2.05, 4.69) is 10.6 Å². The maximum absolute atomic E-state index is 12.8. The highest BCUT2D eigenvalue weighted by molar-refractivity contribution is 6.14. The van der Waals surface area contributed by atoms with Crippen LogP contribution in [0.5, 0.6) is 5.75 Å². The Hall–Kier alpha value is -4.64. The molecular weight excluding hydrogens is 598 g/mol. The normalized spacial score (nSPS) is 23.2. The molecular formula is C29H35N3O13. The number of aliphatic hydroxyl groups excluding tert-OH is 3. The lowest BCUT2D eigenvalue weighted by molar-refractivity contribution is -0.271. The molecule has 1 fully saturated rings. The first-order valence-corrected chi connectivity index (χ1v) is 13.8. The van der Waals surface area contributed by atoms with Gasteiger partial charge in [0.05, 0.1) is 11.1 Å². The Labute approximate surface area is 257 Å². The number of nitrogens with zero attached hydrogens (tertiary/aromatic N) is 1. The van der Waals surface area contributed by atoms with E-state index in [1.54, 1.807) is 32.9 Å². The van der Waals surface area contributed by atoms with Gasteiger partial charge in [0.2, 0.25) is 18.1 Å². The Morgan fingerprint density at radius 1 is 1.00 bits per heavy atom. The number of aliphatic carboxylic acids is 1. The first kappa shape index (κ1) is 34.8. The first-order valence-electron chi connectivity index (χ1n) is 13.8. The number of carboxylic acids is 1. The first-order chi connectivity index (χ1) is 21.1. The molecule has 0 bridgehead atoms. The minimum absolute atomic E-state index is 0.0165. The predicted molar refractivity (Wildman–Crippen MR) is 153 cm³/mol. The van der Waals surface area contributed by atoms with Crippen LogP contribution in [0.3, 0.4) is 0 Å². The number of carboxylic acid groups (broad SMARTS) is 1. The van der Waals surface area contributed by atoms with E-state index >= 15 is 0 Å². The van der Waals surface area contributed by atoms with Gasteiger partial charge in [0.1, 0.15) is 37.2 Å². The lowest BCUT2D eigenvalue weighted by atomic mass is 9.97. The summed E-state index contributed by atoms with van der Waals surface area (Å²) >= 11 is 0. The Bertz CT molecular complexity index is 1370. The number of hydrogen-bond donors (Lipinski definition) is 6. The number of anilines is 1. The molecule has 2 aliphatic rings. The summed E-state index contributed by atoms with van der Waals surface area (Å²) in [6.07, 6.45) is -4.47. The van der Waals surface area contributed by atoms with Crippen molar-refractivity contribution in [2.24, 2.45) is 5.41 Å². The van der Waals surface area contributed by atoms with Crippen LogP contribution in [0, 0.1) is 5.41 Å². The summed E-state index contributed by atoms with van der Waals surface area (Å²) in [6, 6.07) is 4.33. The van der Waals surface area contributed by atoms with Crippen molar-refractivity contribution in [3.63, 3.8) is 0 Å². The third-order valence-electron chi connectivity index (χ3n) is 6.44. The highest BCUT2D eigenvalue weighted by Crippen LogP contribution is 2.31. The molecule has 2 aliphatic heterocycles. The highest BCUT2D eigenvalue weighted by atomic mass is 16.7. The van der Waals surface area contributed by atoms with Gasteiger partial charge in [-0.2, -0.15) is 0 Å². The molecule has 4 amide bonds. The second-order valence-electron chi connectivity index (χ2n) is 11.1. The van der Waals surface area contributed by atoms with Crippen molar-refractivity contribution in [3.05, 3.63) is 42.0 Å². The average Bonchev–Trinajstić information content (AvgIpc) is 3.27. The third-order valence-corrected chi connectivity index (χ3v) is 6.44. The predicted octanol–water partition coefficient (Wildman–Crippen LogP) is -1.07. The van der Waals surface area contributed by atoms with Crippen LogP contribution in [0.25, 0.3) is 6.08 Å². The van der Waals surface area contributed by atoms with E-state index in [0.717, 1.165) is 17.1 Å². The number of benzene rings is 1. The molecule has 45 heavy (non-hydrogen) atoms. The molecule has 0 saturated carbocycles. The van der Waals surface area contributed by atoms with Gasteiger partial charge in [-0.25, -0.2) is 4.79 Å². The van der Waals surface area contributed by atoms with Crippen molar-refractivity contribution in [1.29, 1.82) is 0 Å². The number of aliphatic hydroxyl groups is 3. The second kappa shape index (κ2) is 14.9. The number of ether oxygens (including phenoxy) is 3. The van der Waals surface area contributed by atoms with Gasteiger partial charge < -0.3 is 45.3 Å². The van der Waals surface area contributed by atoms with Crippen LogP contribution in [0.15, 0.2) is 36.4 Å².